The number of amides is 1. The summed E-state index contributed by atoms with van der Waals surface area (Å²) in [5, 5.41) is 12.4. The first-order valence-electron chi connectivity index (χ1n) is 8.72. The molecule has 1 aliphatic heterocycles. The van der Waals surface area contributed by atoms with Crippen LogP contribution in [-0.2, 0) is 14.8 Å². The minimum atomic E-state index is -3.51. The Bertz CT molecular complexity index is 1030. The Morgan fingerprint density at radius 3 is 2.57 bits per heavy atom. The molecule has 0 spiro atoms. The molecule has 1 amide bonds. The minimum Gasteiger partial charge on any atom is -0.324 e. The average Bonchev–Trinajstić information content (AvgIpc) is 3.05. The Morgan fingerprint density at radius 2 is 2.00 bits per heavy atom. The van der Waals surface area contributed by atoms with Crippen molar-refractivity contribution in [3.63, 3.8) is 0 Å². The molecule has 28 heavy (non-hydrogen) atoms. The summed E-state index contributed by atoms with van der Waals surface area (Å²) in [6, 6.07) is 9.89. The molecule has 0 saturated carbocycles. The first kappa shape index (κ1) is 19.7. The minimum absolute atomic E-state index is 0.144. The number of rotatable bonds is 6. The van der Waals surface area contributed by atoms with Crippen molar-refractivity contribution in [2.24, 2.45) is 5.41 Å². The summed E-state index contributed by atoms with van der Waals surface area (Å²) >= 11 is 0. The molecule has 2 aromatic rings. The predicted molar refractivity (Wildman–Crippen MR) is 103 cm³/mol. The van der Waals surface area contributed by atoms with Crippen LogP contribution in [-0.4, -0.2) is 37.9 Å². The van der Waals surface area contributed by atoms with Gasteiger partial charge in [0.25, 0.3) is 0 Å². The van der Waals surface area contributed by atoms with Crippen LogP contribution in [0.1, 0.15) is 19.8 Å². The van der Waals surface area contributed by atoms with Gasteiger partial charge in [-0.1, -0.05) is 6.92 Å². The molecular weight excluding hydrogens is 380 g/mol. The number of hydrogen-bond donors (Lipinski definition) is 2. The van der Waals surface area contributed by atoms with Gasteiger partial charge in [-0.15, -0.1) is 0 Å². The molecule has 146 valence electrons. The number of benzene rings is 1. The van der Waals surface area contributed by atoms with E-state index in [4.69, 9.17) is 0 Å². The lowest BCUT2D eigenvalue weighted by atomic mass is 9.85. The second-order valence-corrected chi connectivity index (χ2v) is 8.24. The molecule has 9 nitrogen and oxygen atoms in total. The smallest absolute Gasteiger partial charge is 0.248 e. The summed E-state index contributed by atoms with van der Waals surface area (Å²) in [5.41, 5.74) is -0.396. The highest BCUT2D eigenvalue weighted by Gasteiger charge is 2.46. The molecule has 1 atom stereocenters. The van der Waals surface area contributed by atoms with Gasteiger partial charge in [0.2, 0.25) is 21.9 Å². The van der Waals surface area contributed by atoms with E-state index in [1.165, 1.54) is 30.3 Å². The van der Waals surface area contributed by atoms with Gasteiger partial charge in [-0.3, -0.25) is 9.69 Å². The fraction of sp³-hybridized carbons (Fsp3) is 0.333. The lowest BCUT2D eigenvalue weighted by Gasteiger charge is -2.19. The van der Waals surface area contributed by atoms with Crippen molar-refractivity contribution in [3.8, 4) is 6.07 Å². The molecule has 10 heteroatoms. The van der Waals surface area contributed by atoms with Crippen molar-refractivity contribution in [2.75, 3.05) is 23.8 Å². The zero-order chi connectivity index (χ0) is 20.4. The quantitative estimate of drug-likeness (QED) is 0.756. The van der Waals surface area contributed by atoms with E-state index >= 15 is 0 Å². The van der Waals surface area contributed by atoms with E-state index in [2.05, 4.69) is 26.1 Å². The summed E-state index contributed by atoms with van der Waals surface area (Å²) in [6.07, 6.45) is 2.44. The fourth-order valence-electron chi connectivity index (χ4n) is 3.02. The molecule has 1 fully saturated rings. The number of nitriles is 1. The van der Waals surface area contributed by atoms with Crippen LogP contribution in [0.2, 0.25) is 0 Å². The van der Waals surface area contributed by atoms with E-state index in [1.54, 1.807) is 18.2 Å². The Labute approximate surface area is 163 Å². The summed E-state index contributed by atoms with van der Waals surface area (Å²) in [5.74, 6) is 0.437. The van der Waals surface area contributed by atoms with E-state index in [-0.39, 0.29) is 16.8 Å². The molecule has 2 heterocycles. The second kappa shape index (κ2) is 7.53. The zero-order valence-electron chi connectivity index (χ0n) is 15.5. The standard InChI is InChI=1S/C18H20N6O3S/c1-3-18(12-19)9-11-24(16(18)25)15-8-10-21-17(23-15)22-13-4-6-14(7-5-13)28(26,27)20-2/h4-8,10,20H,3,9,11H2,1-2H3,(H,21,22,23)/t18-/m1/s1. The summed E-state index contributed by atoms with van der Waals surface area (Å²) in [6.45, 7) is 2.25. The molecular formula is C18H20N6O3S. The molecule has 3 rings (SSSR count). The van der Waals surface area contributed by atoms with Crippen LogP contribution in [0, 0.1) is 16.7 Å². The van der Waals surface area contributed by atoms with Gasteiger partial charge >= 0.3 is 0 Å². The number of carbonyl (C=O) groups is 1. The van der Waals surface area contributed by atoms with E-state index in [0.29, 0.717) is 30.9 Å². The molecule has 1 aromatic heterocycles. The molecule has 0 radical (unpaired) electrons. The third kappa shape index (κ3) is 3.54. The number of anilines is 3. The SMILES string of the molecule is CC[C@]1(C#N)CCN(c2ccnc(Nc3ccc(S(=O)(=O)NC)cc3)n2)C1=O. The van der Waals surface area contributed by atoms with Gasteiger partial charge < -0.3 is 5.32 Å². The van der Waals surface area contributed by atoms with Crippen LogP contribution >= 0.6 is 0 Å². The number of nitrogens with one attached hydrogen (secondary N) is 2. The maximum absolute atomic E-state index is 12.7. The summed E-state index contributed by atoms with van der Waals surface area (Å²) in [7, 11) is -2.16. The Kier molecular flexibility index (Phi) is 5.31. The first-order valence-corrected chi connectivity index (χ1v) is 10.2. The van der Waals surface area contributed by atoms with Crippen molar-refractivity contribution in [3.05, 3.63) is 36.5 Å². The monoisotopic (exact) mass is 400 g/mol. The number of sulfonamides is 1. The van der Waals surface area contributed by atoms with Crippen LogP contribution in [0.3, 0.4) is 0 Å². The van der Waals surface area contributed by atoms with Gasteiger partial charge in [0, 0.05) is 18.4 Å². The second-order valence-electron chi connectivity index (χ2n) is 6.35. The van der Waals surface area contributed by atoms with Crippen molar-refractivity contribution in [1.82, 2.24) is 14.7 Å². The zero-order valence-corrected chi connectivity index (χ0v) is 16.3. The molecule has 0 unspecified atom stereocenters. The van der Waals surface area contributed by atoms with Crippen molar-refractivity contribution in [2.45, 2.75) is 24.7 Å². The van der Waals surface area contributed by atoms with E-state index in [0.717, 1.165) is 0 Å². The van der Waals surface area contributed by atoms with Crippen LogP contribution in [0.5, 0.6) is 0 Å². The predicted octanol–water partition coefficient (Wildman–Crippen LogP) is 1.78. The molecule has 1 saturated heterocycles. The maximum Gasteiger partial charge on any atom is 0.248 e. The van der Waals surface area contributed by atoms with Crippen molar-refractivity contribution < 1.29 is 13.2 Å². The van der Waals surface area contributed by atoms with Gasteiger partial charge in [-0.05, 0) is 50.2 Å². The number of aromatic nitrogens is 2. The van der Waals surface area contributed by atoms with E-state index < -0.39 is 15.4 Å². The lowest BCUT2D eigenvalue weighted by Crippen LogP contribution is -2.33. The van der Waals surface area contributed by atoms with Gasteiger partial charge in [0.15, 0.2) is 0 Å². The van der Waals surface area contributed by atoms with Gasteiger partial charge in [-0.25, -0.2) is 18.1 Å². The van der Waals surface area contributed by atoms with E-state index in [9.17, 15) is 18.5 Å². The Hall–Kier alpha value is -3.03. The van der Waals surface area contributed by atoms with Gasteiger partial charge in [0.05, 0.1) is 11.0 Å². The largest absolute Gasteiger partial charge is 0.324 e. The molecule has 1 aliphatic rings. The van der Waals surface area contributed by atoms with Gasteiger partial charge in [0.1, 0.15) is 11.2 Å². The van der Waals surface area contributed by atoms with Crippen LogP contribution in [0.15, 0.2) is 41.4 Å². The topological polar surface area (TPSA) is 128 Å². The van der Waals surface area contributed by atoms with Crippen molar-refractivity contribution in [1.29, 1.82) is 5.26 Å². The average molecular weight is 400 g/mol. The highest BCUT2D eigenvalue weighted by atomic mass is 32.2. The normalized spacial score (nSPS) is 19.5. The van der Waals surface area contributed by atoms with E-state index in [1.807, 2.05) is 6.92 Å². The third-order valence-corrected chi connectivity index (χ3v) is 6.27. The molecule has 1 aromatic carbocycles. The summed E-state index contributed by atoms with van der Waals surface area (Å²) in [4.78, 5) is 22.8. The van der Waals surface area contributed by atoms with Crippen LogP contribution < -0.4 is 14.9 Å². The molecule has 0 bridgehead atoms. The van der Waals surface area contributed by atoms with Gasteiger partial charge in [-0.2, -0.15) is 10.2 Å². The van der Waals surface area contributed by atoms with Crippen molar-refractivity contribution >= 4 is 33.4 Å². The molecule has 0 aliphatic carbocycles. The number of hydrogen-bond acceptors (Lipinski definition) is 7. The Balaban J connectivity index is 1.80. The number of carbonyl (C=O) groups excluding carboxylic acids is 1. The Morgan fingerprint density at radius 1 is 1.29 bits per heavy atom. The van der Waals surface area contributed by atoms with Crippen LogP contribution in [0.4, 0.5) is 17.5 Å². The summed E-state index contributed by atoms with van der Waals surface area (Å²) < 4.78 is 25.8. The van der Waals surface area contributed by atoms with Crippen LogP contribution in [0.25, 0.3) is 0 Å². The number of nitrogens with zero attached hydrogens (tertiary/aromatic N) is 4. The first-order chi connectivity index (χ1) is 13.3. The lowest BCUT2D eigenvalue weighted by molar-refractivity contribution is -0.123. The highest BCUT2D eigenvalue weighted by molar-refractivity contribution is 7.89. The maximum atomic E-state index is 12.7. The third-order valence-electron chi connectivity index (χ3n) is 4.84. The highest BCUT2D eigenvalue weighted by Crippen LogP contribution is 2.36. The fourth-order valence-corrected chi connectivity index (χ4v) is 3.75. The molecule has 2 N–H and O–H groups in total.